The van der Waals surface area contributed by atoms with E-state index in [1.165, 1.54) is 0 Å². The maximum atomic E-state index is 10.6. The van der Waals surface area contributed by atoms with E-state index in [0.29, 0.717) is 5.69 Å². The second-order valence-corrected chi connectivity index (χ2v) is 3.84. The van der Waals surface area contributed by atoms with Crippen LogP contribution in [0.25, 0.3) is 0 Å². The van der Waals surface area contributed by atoms with Crippen molar-refractivity contribution in [1.82, 2.24) is 10.2 Å². The van der Waals surface area contributed by atoms with Gasteiger partial charge in [-0.3, -0.25) is 15.2 Å². The Bertz CT molecular complexity index is 337. The summed E-state index contributed by atoms with van der Waals surface area (Å²) in [7, 11) is 0. The molecular formula is C7H12N4O2. The van der Waals surface area contributed by atoms with E-state index in [2.05, 4.69) is 10.2 Å². The van der Waals surface area contributed by atoms with Gasteiger partial charge in [-0.2, -0.15) is 5.10 Å². The molecule has 0 aromatic carbocycles. The Hall–Kier alpha value is -1.59. The van der Waals surface area contributed by atoms with Crippen LogP contribution in [0.5, 0.6) is 0 Å². The zero-order valence-electron chi connectivity index (χ0n) is 7.79. The maximum absolute atomic E-state index is 10.6. The van der Waals surface area contributed by atoms with Crippen molar-refractivity contribution in [3.05, 3.63) is 15.8 Å². The summed E-state index contributed by atoms with van der Waals surface area (Å²) in [6.45, 7) is 5.56. The number of nitrogen functional groups attached to an aromatic ring is 1. The van der Waals surface area contributed by atoms with Crippen molar-refractivity contribution >= 4 is 11.5 Å². The number of H-pyrrole nitrogens is 1. The highest BCUT2D eigenvalue weighted by Gasteiger charge is 2.30. The molecule has 1 heterocycles. The van der Waals surface area contributed by atoms with Crippen molar-refractivity contribution in [3.8, 4) is 0 Å². The highest BCUT2D eigenvalue weighted by molar-refractivity contribution is 5.57. The summed E-state index contributed by atoms with van der Waals surface area (Å²) in [5.74, 6) is -0.0603. The molecule has 0 bridgehead atoms. The normalized spacial score (nSPS) is 11.6. The highest BCUT2D eigenvalue weighted by Crippen LogP contribution is 2.32. The Morgan fingerprint density at radius 1 is 1.54 bits per heavy atom. The van der Waals surface area contributed by atoms with Gasteiger partial charge in [0.2, 0.25) is 5.82 Å². The van der Waals surface area contributed by atoms with E-state index in [0.717, 1.165) is 0 Å². The average molecular weight is 184 g/mol. The summed E-state index contributed by atoms with van der Waals surface area (Å²) < 4.78 is 0. The van der Waals surface area contributed by atoms with Crippen LogP contribution in [0.1, 0.15) is 26.5 Å². The second-order valence-electron chi connectivity index (χ2n) is 3.84. The largest absolute Gasteiger partial charge is 0.376 e. The third-order valence-corrected chi connectivity index (χ3v) is 1.70. The number of hydrogen-bond donors (Lipinski definition) is 2. The number of rotatable bonds is 1. The Balaban J connectivity index is 3.31. The summed E-state index contributed by atoms with van der Waals surface area (Å²) in [4.78, 5) is 10.1. The molecule has 0 atom stereocenters. The fraction of sp³-hybridized carbons (Fsp3) is 0.571. The Kier molecular flexibility index (Phi) is 1.99. The molecule has 1 aromatic rings. The molecule has 0 spiro atoms. The van der Waals surface area contributed by atoms with Gasteiger partial charge < -0.3 is 5.73 Å². The standard InChI is InChI=1S/C7H12N4O2/c1-7(2,3)5-4(11(12)13)6(8)10-9-5/h1-3H3,(H3,8,9,10). The van der Waals surface area contributed by atoms with Gasteiger partial charge in [0.15, 0.2) is 0 Å². The summed E-state index contributed by atoms with van der Waals surface area (Å²) in [6, 6.07) is 0. The molecule has 3 N–H and O–H groups in total. The number of nitrogens with one attached hydrogen (secondary N) is 1. The number of nitrogens with zero attached hydrogens (tertiary/aromatic N) is 2. The molecule has 72 valence electrons. The molecule has 0 radical (unpaired) electrons. The minimum absolute atomic E-state index is 0.0603. The number of aromatic nitrogens is 2. The van der Waals surface area contributed by atoms with Crippen LogP contribution in [-0.4, -0.2) is 15.1 Å². The lowest BCUT2D eigenvalue weighted by Crippen LogP contribution is -2.14. The zero-order chi connectivity index (χ0) is 10.2. The van der Waals surface area contributed by atoms with Gasteiger partial charge in [0, 0.05) is 5.41 Å². The average Bonchev–Trinajstić information content (AvgIpc) is 2.28. The van der Waals surface area contributed by atoms with Crippen molar-refractivity contribution in [2.45, 2.75) is 26.2 Å². The minimum atomic E-state index is -0.514. The lowest BCUT2D eigenvalue weighted by Gasteiger charge is -2.14. The first-order valence-electron chi connectivity index (χ1n) is 3.82. The van der Waals surface area contributed by atoms with Crippen molar-refractivity contribution in [1.29, 1.82) is 0 Å². The minimum Gasteiger partial charge on any atom is -0.376 e. The first-order chi connectivity index (χ1) is 5.84. The van der Waals surface area contributed by atoms with Gasteiger partial charge in [-0.15, -0.1) is 0 Å². The van der Waals surface area contributed by atoms with Gasteiger partial charge in [0.1, 0.15) is 5.69 Å². The van der Waals surface area contributed by atoms with Crippen molar-refractivity contribution < 1.29 is 4.92 Å². The van der Waals surface area contributed by atoms with Crippen LogP contribution in [-0.2, 0) is 5.41 Å². The third kappa shape index (κ3) is 1.61. The third-order valence-electron chi connectivity index (χ3n) is 1.70. The summed E-state index contributed by atoms with van der Waals surface area (Å²) in [5, 5.41) is 16.8. The molecule has 0 saturated heterocycles. The lowest BCUT2D eigenvalue weighted by atomic mass is 9.91. The van der Waals surface area contributed by atoms with Crippen molar-refractivity contribution in [2.75, 3.05) is 5.73 Å². The van der Waals surface area contributed by atoms with Crippen LogP contribution in [0.2, 0.25) is 0 Å². The van der Waals surface area contributed by atoms with Crippen LogP contribution >= 0.6 is 0 Å². The van der Waals surface area contributed by atoms with E-state index in [1.807, 2.05) is 20.8 Å². The number of nitro groups is 1. The monoisotopic (exact) mass is 184 g/mol. The topological polar surface area (TPSA) is 97.8 Å². The van der Waals surface area contributed by atoms with E-state index < -0.39 is 4.92 Å². The highest BCUT2D eigenvalue weighted by atomic mass is 16.6. The molecule has 6 heteroatoms. The predicted octanol–water partition coefficient (Wildman–Crippen LogP) is 1.20. The van der Waals surface area contributed by atoms with Crippen LogP contribution in [0.3, 0.4) is 0 Å². The van der Waals surface area contributed by atoms with Gasteiger partial charge in [-0.05, 0) is 0 Å². The molecule has 0 amide bonds. The first-order valence-corrected chi connectivity index (χ1v) is 3.82. The number of aromatic amines is 1. The van der Waals surface area contributed by atoms with Gasteiger partial charge in [0.05, 0.1) is 4.92 Å². The van der Waals surface area contributed by atoms with Gasteiger partial charge in [0.25, 0.3) is 0 Å². The van der Waals surface area contributed by atoms with Crippen LogP contribution < -0.4 is 5.73 Å². The molecule has 1 rings (SSSR count). The molecule has 6 nitrogen and oxygen atoms in total. The van der Waals surface area contributed by atoms with Crippen molar-refractivity contribution in [2.24, 2.45) is 0 Å². The molecule has 1 aromatic heterocycles. The molecule has 0 fully saturated rings. The summed E-state index contributed by atoms with van der Waals surface area (Å²) in [5.41, 5.74) is 5.34. The molecule has 0 aliphatic carbocycles. The molecule has 0 unspecified atom stereocenters. The molecule has 0 aliphatic heterocycles. The quantitative estimate of drug-likeness (QED) is 0.506. The Morgan fingerprint density at radius 2 is 2.08 bits per heavy atom. The SMILES string of the molecule is CC(C)(C)c1[nH]nc(N)c1[N+](=O)[O-]. The van der Waals surface area contributed by atoms with E-state index in [4.69, 9.17) is 5.73 Å². The summed E-state index contributed by atoms with van der Waals surface area (Å²) >= 11 is 0. The second kappa shape index (κ2) is 2.72. The number of nitrogens with two attached hydrogens (primary N) is 1. The Morgan fingerprint density at radius 3 is 2.38 bits per heavy atom. The van der Waals surface area contributed by atoms with Gasteiger partial charge >= 0.3 is 5.69 Å². The van der Waals surface area contributed by atoms with E-state index >= 15 is 0 Å². The first kappa shape index (κ1) is 9.50. The lowest BCUT2D eigenvalue weighted by molar-refractivity contribution is -0.385. The van der Waals surface area contributed by atoms with Crippen LogP contribution in [0.15, 0.2) is 0 Å². The smallest absolute Gasteiger partial charge is 0.333 e. The number of anilines is 1. The van der Waals surface area contributed by atoms with Crippen LogP contribution in [0.4, 0.5) is 11.5 Å². The predicted molar refractivity (Wildman–Crippen MR) is 48.4 cm³/mol. The summed E-state index contributed by atoms with van der Waals surface area (Å²) in [6.07, 6.45) is 0. The van der Waals surface area contributed by atoms with Crippen molar-refractivity contribution in [3.63, 3.8) is 0 Å². The van der Waals surface area contributed by atoms with Crippen LogP contribution in [0, 0.1) is 10.1 Å². The van der Waals surface area contributed by atoms with E-state index in [1.54, 1.807) is 0 Å². The zero-order valence-corrected chi connectivity index (χ0v) is 7.79. The Labute approximate surface area is 75.3 Å². The van der Waals surface area contributed by atoms with E-state index in [9.17, 15) is 10.1 Å². The van der Waals surface area contributed by atoms with Gasteiger partial charge in [-0.1, -0.05) is 20.8 Å². The molecule has 0 saturated carbocycles. The van der Waals surface area contributed by atoms with E-state index in [-0.39, 0.29) is 16.9 Å². The number of hydrogen-bond acceptors (Lipinski definition) is 4. The molecule has 0 aliphatic rings. The van der Waals surface area contributed by atoms with Gasteiger partial charge in [-0.25, -0.2) is 0 Å². The molecular weight excluding hydrogens is 172 g/mol. The fourth-order valence-electron chi connectivity index (χ4n) is 1.06. The molecule has 13 heavy (non-hydrogen) atoms. The fourth-order valence-corrected chi connectivity index (χ4v) is 1.06. The maximum Gasteiger partial charge on any atom is 0.333 e.